The Morgan fingerprint density at radius 2 is 1.79 bits per heavy atom. The first-order chi connectivity index (χ1) is 8.89. The Morgan fingerprint density at radius 1 is 1.16 bits per heavy atom. The highest BCUT2D eigenvalue weighted by molar-refractivity contribution is 7.90. The average Bonchev–Trinajstić information content (AvgIpc) is 2.78. The molecule has 0 amide bonds. The number of hydrogen-bond acceptors (Lipinski definition) is 4. The maximum Gasteiger partial charge on any atom is 0.308 e. The molecule has 6 heteroatoms. The molecule has 2 rings (SSSR count). The number of nitrogens with zero attached hydrogens (tertiary/aromatic N) is 1. The van der Waals surface area contributed by atoms with Crippen LogP contribution in [0.5, 0.6) is 5.75 Å². The Bertz CT molecular complexity index is 698. The molecular formula is C13H13NO4S. The summed E-state index contributed by atoms with van der Waals surface area (Å²) in [6, 6.07) is 7.95. The van der Waals surface area contributed by atoms with Crippen LogP contribution >= 0.6 is 0 Å². The summed E-state index contributed by atoms with van der Waals surface area (Å²) < 4.78 is 30.4. The number of ether oxygens (including phenoxy) is 1. The van der Waals surface area contributed by atoms with E-state index < -0.39 is 16.0 Å². The molecule has 0 aliphatic rings. The number of aryl methyl sites for hydroxylation is 1. The van der Waals surface area contributed by atoms with E-state index in [1.54, 1.807) is 12.1 Å². The summed E-state index contributed by atoms with van der Waals surface area (Å²) in [6.07, 6.45) is 2.60. The van der Waals surface area contributed by atoms with Crippen LogP contribution in [0.3, 0.4) is 0 Å². The van der Waals surface area contributed by atoms with Crippen LogP contribution in [-0.4, -0.2) is 18.4 Å². The minimum absolute atomic E-state index is 0.183. The van der Waals surface area contributed by atoms with Crippen molar-refractivity contribution in [3.05, 3.63) is 48.3 Å². The number of hydrogen-bond donors (Lipinski definition) is 0. The van der Waals surface area contributed by atoms with Crippen LogP contribution in [-0.2, 0) is 14.8 Å². The Kier molecular flexibility index (Phi) is 3.44. The number of carbonyl (C=O) groups excluding carboxylic acids is 1. The van der Waals surface area contributed by atoms with Gasteiger partial charge in [0.05, 0.1) is 11.1 Å². The third kappa shape index (κ3) is 2.85. The molecule has 0 spiro atoms. The summed E-state index contributed by atoms with van der Waals surface area (Å²) in [5, 5.41) is 0. The molecule has 0 aliphatic heterocycles. The highest BCUT2D eigenvalue weighted by Gasteiger charge is 2.17. The fourth-order valence-electron chi connectivity index (χ4n) is 1.57. The summed E-state index contributed by atoms with van der Waals surface area (Å²) in [7, 11) is -3.65. The minimum atomic E-state index is -3.65. The molecule has 0 saturated heterocycles. The van der Waals surface area contributed by atoms with E-state index in [1.807, 2.05) is 6.92 Å². The first kappa shape index (κ1) is 13.4. The summed E-state index contributed by atoms with van der Waals surface area (Å²) in [4.78, 5) is 11.0. The van der Waals surface area contributed by atoms with Crippen LogP contribution in [0.1, 0.15) is 12.5 Å². The molecule has 0 radical (unpaired) electrons. The normalized spacial score (nSPS) is 11.3. The van der Waals surface area contributed by atoms with E-state index in [-0.39, 0.29) is 10.6 Å². The lowest BCUT2D eigenvalue weighted by Crippen LogP contribution is -2.10. The standard InChI is InChI=1S/C13H13NO4S/c1-10-3-5-13(6-4-10)19(16,17)14-8-7-12(9-14)18-11(2)15/h3-9H,1-2H3. The van der Waals surface area contributed by atoms with Gasteiger partial charge in [0.2, 0.25) is 0 Å². The van der Waals surface area contributed by atoms with Gasteiger partial charge in [-0.3, -0.25) is 4.79 Å². The van der Waals surface area contributed by atoms with Crippen molar-refractivity contribution < 1.29 is 17.9 Å². The lowest BCUT2D eigenvalue weighted by molar-refractivity contribution is -0.131. The monoisotopic (exact) mass is 279 g/mol. The molecule has 1 aromatic carbocycles. The van der Waals surface area contributed by atoms with Gasteiger partial charge >= 0.3 is 5.97 Å². The largest absolute Gasteiger partial charge is 0.425 e. The average molecular weight is 279 g/mol. The van der Waals surface area contributed by atoms with Gasteiger partial charge in [-0.25, -0.2) is 12.4 Å². The topological polar surface area (TPSA) is 65.4 Å². The quantitative estimate of drug-likeness (QED) is 0.806. The second kappa shape index (κ2) is 4.89. The van der Waals surface area contributed by atoms with E-state index in [9.17, 15) is 13.2 Å². The summed E-state index contributed by atoms with van der Waals surface area (Å²) in [5.74, 6) is -0.298. The molecule has 100 valence electrons. The highest BCUT2D eigenvalue weighted by atomic mass is 32.2. The van der Waals surface area contributed by atoms with Crippen molar-refractivity contribution in [1.82, 2.24) is 3.97 Å². The number of carbonyl (C=O) groups is 1. The van der Waals surface area contributed by atoms with Crippen LogP contribution in [0, 0.1) is 6.92 Å². The fraction of sp³-hybridized carbons (Fsp3) is 0.154. The Balaban J connectivity index is 2.37. The number of esters is 1. The van der Waals surface area contributed by atoms with Crippen LogP contribution in [0.4, 0.5) is 0 Å². The molecule has 5 nitrogen and oxygen atoms in total. The van der Waals surface area contributed by atoms with Crippen LogP contribution < -0.4 is 4.74 Å². The van der Waals surface area contributed by atoms with Crippen LogP contribution in [0.15, 0.2) is 47.6 Å². The van der Waals surface area contributed by atoms with Gasteiger partial charge in [0, 0.05) is 13.1 Å². The van der Waals surface area contributed by atoms with Gasteiger partial charge in [-0.1, -0.05) is 17.7 Å². The molecule has 0 fully saturated rings. The molecule has 0 bridgehead atoms. The maximum absolute atomic E-state index is 12.3. The molecule has 0 N–H and O–H groups in total. The molecular weight excluding hydrogens is 266 g/mol. The van der Waals surface area contributed by atoms with E-state index in [2.05, 4.69) is 0 Å². The van der Waals surface area contributed by atoms with Gasteiger partial charge in [-0.15, -0.1) is 0 Å². The van der Waals surface area contributed by atoms with Crippen molar-refractivity contribution in [1.29, 1.82) is 0 Å². The number of benzene rings is 1. The van der Waals surface area contributed by atoms with E-state index in [4.69, 9.17) is 4.74 Å². The Labute approximate surface area is 111 Å². The van der Waals surface area contributed by atoms with Crippen molar-refractivity contribution in [3.8, 4) is 5.75 Å². The second-order valence-corrected chi connectivity index (χ2v) is 5.93. The molecule has 2 aromatic rings. The van der Waals surface area contributed by atoms with Crippen molar-refractivity contribution >= 4 is 16.0 Å². The molecule has 1 heterocycles. The van der Waals surface area contributed by atoms with Crippen molar-refractivity contribution in [2.45, 2.75) is 18.7 Å². The van der Waals surface area contributed by atoms with E-state index in [0.29, 0.717) is 0 Å². The van der Waals surface area contributed by atoms with Crippen LogP contribution in [0.25, 0.3) is 0 Å². The van der Waals surface area contributed by atoms with Gasteiger partial charge in [0.25, 0.3) is 10.0 Å². The maximum atomic E-state index is 12.3. The van der Waals surface area contributed by atoms with E-state index in [0.717, 1.165) is 9.54 Å². The zero-order valence-electron chi connectivity index (χ0n) is 10.5. The lowest BCUT2D eigenvalue weighted by atomic mass is 10.2. The van der Waals surface area contributed by atoms with Crippen molar-refractivity contribution in [3.63, 3.8) is 0 Å². The van der Waals surface area contributed by atoms with Crippen molar-refractivity contribution in [2.75, 3.05) is 0 Å². The van der Waals surface area contributed by atoms with E-state index in [1.165, 1.54) is 37.5 Å². The van der Waals surface area contributed by atoms with Crippen LogP contribution in [0.2, 0.25) is 0 Å². The van der Waals surface area contributed by atoms with Gasteiger partial charge in [0.15, 0.2) is 0 Å². The summed E-state index contributed by atoms with van der Waals surface area (Å²) in [5.41, 5.74) is 0.979. The van der Waals surface area contributed by atoms with Gasteiger partial charge < -0.3 is 4.74 Å². The zero-order valence-corrected chi connectivity index (χ0v) is 11.3. The minimum Gasteiger partial charge on any atom is -0.425 e. The predicted octanol–water partition coefficient (Wildman–Crippen LogP) is 1.96. The fourth-order valence-corrected chi connectivity index (χ4v) is 2.75. The SMILES string of the molecule is CC(=O)Oc1ccn(S(=O)(=O)c2ccc(C)cc2)c1. The van der Waals surface area contributed by atoms with E-state index >= 15 is 0 Å². The molecule has 0 aliphatic carbocycles. The Morgan fingerprint density at radius 3 is 2.37 bits per heavy atom. The van der Waals surface area contributed by atoms with Gasteiger partial charge in [0.1, 0.15) is 5.75 Å². The van der Waals surface area contributed by atoms with Gasteiger partial charge in [-0.2, -0.15) is 0 Å². The number of rotatable bonds is 3. The second-order valence-electron chi connectivity index (χ2n) is 4.09. The first-order valence-corrected chi connectivity index (χ1v) is 7.02. The number of aromatic nitrogens is 1. The molecule has 0 saturated carbocycles. The first-order valence-electron chi connectivity index (χ1n) is 5.58. The summed E-state index contributed by atoms with van der Waals surface area (Å²) in [6.45, 7) is 3.14. The Hall–Kier alpha value is -2.08. The molecule has 19 heavy (non-hydrogen) atoms. The molecule has 0 unspecified atom stereocenters. The smallest absolute Gasteiger partial charge is 0.308 e. The predicted molar refractivity (Wildman–Crippen MR) is 69.5 cm³/mol. The lowest BCUT2D eigenvalue weighted by Gasteiger charge is -2.05. The third-order valence-electron chi connectivity index (χ3n) is 2.50. The van der Waals surface area contributed by atoms with Gasteiger partial charge in [-0.05, 0) is 25.1 Å². The van der Waals surface area contributed by atoms with Crippen molar-refractivity contribution in [2.24, 2.45) is 0 Å². The highest BCUT2D eigenvalue weighted by Crippen LogP contribution is 2.19. The summed E-state index contributed by atoms with van der Waals surface area (Å²) >= 11 is 0. The molecule has 0 atom stereocenters. The zero-order chi connectivity index (χ0) is 14.0. The molecule has 1 aromatic heterocycles. The third-order valence-corrected chi connectivity index (χ3v) is 4.15.